The number of ether oxygens (including phenoxy) is 3. The van der Waals surface area contributed by atoms with Gasteiger partial charge in [0, 0.05) is 19.3 Å². The number of hydrogen-bond acceptors (Lipinski definition) is 6. The van der Waals surface area contributed by atoms with E-state index in [1.165, 1.54) is 25.7 Å². The predicted molar refractivity (Wildman–Crippen MR) is 118 cm³/mol. The van der Waals surface area contributed by atoms with Crippen LogP contribution >= 0.6 is 0 Å². The highest BCUT2D eigenvalue weighted by Crippen LogP contribution is 2.10. The Balaban J connectivity index is 4.22. The summed E-state index contributed by atoms with van der Waals surface area (Å²) in [6.45, 7) is 6.10. The van der Waals surface area contributed by atoms with Crippen LogP contribution in [-0.2, 0) is 28.6 Å². The van der Waals surface area contributed by atoms with Gasteiger partial charge in [-0.1, -0.05) is 78.6 Å². The monoisotopic (exact) mass is 428 g/mol. The number of hydrogen-bond donors (Lipinski definition) is 0. The third kappa shape index (κ3) is 18.4. The highest BCUT2D eigenvalue weighted by atomic mass is 16.6. The summed E-state index contributed by atoms with van der Waals surface area (Å²) < 4.78 is 15.9. The van der Waals surface area contributed by atoms with Crippen molar-refractivity contribution in [2.45, 2.75) is 123 Å². The lowest BCUT2D eigenvalue weighted by Crippen LogP contribution is -2.30. The highest BCUT2D eigenvalue weighted by Gasteiger charge is 2.19. The molecule has 1 atom stereocenters. The minimum atomic E-state index is -0.748. The molecule has 0 fully saturated rings. The molecule has 0 aromatic rings. The molecule has 30 heavy (non-hydrogen) atoms. The fraction of sp³-hybridized carbons (Fsp3) is 0.875. The smallest absolute Gasteiger partial charge is 0.306 e. The second-order valence-corrected chi connectivity index (χ2v) is 7.91. The summed E-state index contributed by atoms with van der Waals surface area (Å²) in [6, 6.07) is 0. The van der Waals surface area contributed by atoms with E-state index >= 15 is 0 Å². The zero-order chi connectivity index (χ0) is 22.5. The van der Waals surface area contributed by atoms with Gasteiger partial charge in [0.05, 0.1) is 0 Å². The van der Waals surface area contributed by atoms with Gasteiger partial charge in [0.15, 0.2) is 6.10 Å². The Morgan fingerprint density at radius 1 is 0.533 bits per heavy atom. The summed E-state index contributed by atoms with van der Waals surface area (Å²) >= 11 is 0. The lowest BCUT2D eigenvalue weighted by molar-refractivity contribution is -0.167. The van der Waals surface area contributed by atoms with Crippen molar-refractivity contribution in [1.29, 1.82) is 0 Å². The Morgan fingerprint density at radius 2 is 0.933 bits per heavy atom. The van der Waals surface area contributed by atoms with Crippen LogP contribution in [0.3, 0.4) is 0 Å². The second kappa shape index (κ2) is 20.7. The summed E-state index contributed by atoms with van der Waals surface area (Å²) in [4.78, 5) is 35.7. The number of carbonyl (C=O) groups is 3. The molecule has 0 aromatic carbocycles. The molecule has 0 spiro atoms. The van der Waals surface area contributed by atoms with Gasteiger partial charge in [-0.2, -0.15) is 0 Å². The fourth-order valence-electron chi connectivity index (χ4n) is 2.94. The summed E-state index contributed by atoms with van der Waals surface area (Å²) in [5.41, 5.74) is 0. The van der Waals surface area contributed by atoms with Crippen LogP contribution in [0, 0.1) is 0 Å². The van der Waals surface area contributed by atoms with Crippen molar-refractivity contribution < 1.29 is 28.6 Å². The zero-order valence-corrected chi connectivity index (χ0v) is 19.5. The maximum absolute atomic E-state index is 12.0. The molecule has 0 N–H and O–H groups in total. The van der Waals surface area contributed by atoms with Gasteiger partial charge in [0.2, 0.25) is 0 Å². The van der Waals surface area contributed by atoms with Gasteiger partial charge in [-0.15, -0.1) is 0 Å². The third-order valence-electron chi connectivity index (χ3n) is 4.86. The number of esters is 3. The van der Waals surface area contributed by atoms with Gasteiger partial charge in [-0.3, -0.25) is 14.4 Å². The van der Waals surface area contributed by atoms with Crippen molar-refractivity contribution >= 4 is 17.9 Å². The minimum absolute atomic E-state index is 0.0740. The van der Waals surface area contributed by atoms with E-state index in [4.69, 9.17) is 14.2 Å². The van der Waals surface area contributed by atoms with E-state index in [0.717, 1.165) is 51.4 Å². The van der Waals surface area contributed by atoms with E-state index < -0.39 is 6.10 Å². The molecule has 0 heterocycles. The predicted octanol–water partition coefficient (Wildman–Crippen LogP) is 5.90. The SMILES string of the molecule is CCCCCCCCCC(=O)OCC(COC(=O)CCCCC)OC(=O)CCCC. The summed E-state index contributed by atoms with van der Waals surface area (Å²) in [5.74, 6) is -0.966. The van der Waals surface area contributed by atoms with Crippen LogP contribution in [0.2, 0.25) is 0 Å². The van der Waals surface area contributed by atoms with E-state index in [2.05, 4.69) is 13.8 Å². The van der Waals surface area contributed by atoms with Crippen LogP contribution < -0.4 is 0 Å². The third-order valence-corrected chi connectivity index (χ3v) is 4.86. The molecule has 0 saturated heterocycles. The second-order valence-electron chi connectivity index (χ2n) is 7.91. The Morgan fingerprint density at radius 3 is 1.47 bits per heavy atom. The fourth-order valence-corrected chi connectivity index (χ4v) is 2.94. The first kappa shape index (κ1) is 28.4. The molecule has 0 amide bonds. The zero-order valence-electron chi connectivity index (χ0n) is 19.5. The van der Waals surface area contributed by atoms with Crippen molar-refractivity contribution in [2.75, 3.05) is 13.2 Å². The van der Waals surface area contributed by atoms with Gasteiger partial charge in [0.1, 0.15) is 13.2 Å². The van der Waals surface area contributed by atoms with Gasteiger partial charge in [0.25, 0.3) is 0 Å². The Kier molecular flexibility index (Phi) is 19.6. The van der Waals surface area contributed by atoms with Crippen LogP contribution in [0.5, 0.6) is 0 Å². The molecule has 6 nitrogen and oxygen atoms in total. The number of carbonyl (C=O) groups excluding carboxylic acids is 3. The summed E-state index contributed by atoms with van der Waals surface area (Å²) in [5, 5.41) is 0. The molecule has 0 rings (SSSR count). The summed E-state index contributed by atoms with van der Waals surface area (Å²) in [7, 11) is 0. The molecule has 0 radical (unpaired) electrons. The maximum Gasteiger partial charge on any atom is 0.306 e. The van der Waals surface area contributed by atoms with Gasteiger partial charge < -0.3 is 14.2 Å². The molecule has 0 aliphatic carbocycles. The van der Waals surface area contributed by atoms with Crippen molar-refractivity contribution in [3.8, 4) is 0 Å². The average Bonchev–Trinajstić information content (AvgIpc) is 2.73. The van der Waals surface area contributed by atoms with E-state index in [0.29, 0.717) is 19.3 Å². The lowest BCUT2D eigenvalue weighted by atomic mass is 10.1. The van der Waals surface area contributed by atoms with Crippen LogP contribution in [-0.4, -0.2) is 37.2 Å². The number of rotatable bonds is 20. The van der Waals surface area contributed by atoms with Gasteiger partial charge >= 0.3 is 17.9 Å². The van der Waals surface area contributed by atoms with Crippen LogP contribution in [0.15, 0.2) is 0 Å². The van der Waals surface area contributed by atoms with Gasteiger partial charge in [-0.25, -0.2) is 0 Å². The molecule has 0 saturated carbocycles. The maximum atomic E-state index is 12.0. The lowest BCUT2D eigenvalue weighted by Gasteiger charge is -2.18. The molecule has 176 valence electrons. The molecule has 6 heteroatoms. The summed E-state index contributed by atoms with van der Waals surface area (Å²) in [6.07, 6.45) is 12.6. The molecular weight excluding hydrogens is 384 g/mol. The topological polar surface area (TPSA) is 78.9 Å². The molecular formula is C24H44O6. The Labute approximate surface area is 183 Å². The Bertz CT molecular complexity index is 449. The molecule has 0 aromatic heterocycles. The largest absolute Gasteiger partial charge is 0.462 e. The molecule has 1 unspecified atom stereocenters. The van der Waals surface area contributed by atoms with E-state index in [-0.39, 0.29) is 31.1 Å². The molecule has 0 aliphatic heterocycles. The quantitative estimate of drug-likeness (QED) is 0.136. The molecule has 0 bridgehead atoms. The van der Waals surface area contributed by atoms with E-state index in [1.54, 1.807) is 0 Å². The number of unbranched alkanes of at least 4 members (excludes halogenated alkanes) is 9. The van der Waals surface area contributed by atoms with E-state index in [1.807, 2.05) is 6.92 Å². The Hall–Kier alpha value is -1.59. The first-order chi connectivity index (χ1) is 14.5. The first-order valence-corrected chi connectivity index (χ1v) is 12.0. The average molecular weight is 429 g/mol. The standard InChI is InChI=1S/C24H44O6/c1-4-7-10-11-12-13-15-18-23(26)29-20-21(30-24(27)16-9-6-3)19-28-22(25)17-14-8-5-2/h21H,4-20H2,1-3H3. The van der Waals surface area contributed by atoms with E-state index in [9.17, 15) is 14.4 Å². The highest BCUT2D eigenvalue weighted by molar-refractivity contribution is 5.71. The van der Waals surface area contributed by atoms with Crippen molar-refractivity contribution in [3.05, 3.63) is 0 Å². The van der Waals surface area contributed by atoms with Crippen molar-refractivity contribution in [3.63, 3.8) is 0 Å². The van der Waals surface area contributed by atoms with Crippen LogP contribution in [0.1, 0.15) is 117 Å². The van der Waals surface area contributed by atoms with Crippen LogP contribution in [0.4, 0.5) is 0 Å². The van der Waals surface area contributed by atoms with Gasteiger partial charge in [-0.05, 0) is 19.3 Å². The van der Waals surface area contributed by atoms with Crippen LogP contribution in [0.25, 0.3) is 0 Å². The van der Waals surface area contributed by atoms with Crippen molar-refractivity contribution in [2.24, 2.45) is 0 Å². The normalized spacial score (nSPS) is 11.7. The molecule has 0 aliphatic rings. The minimum Gasteiger partial charge on any atom is -0.462 e. The first-order valence-electron chi connectivity index (χ1n) is 12.0. The van der Waals surface area contributed by atoms with Crippen molar-refractivity contribution in [1.82, 2.24) is 0 Å².